The molecule has 0 fully saturated rings. The fourth-order valence-corrected chi connectivity index (χ4v) is 6.10. The lowest BCUT2D eigenvalue weighted by Crippen LogP contribution is -2.56. The molecule has 0 spiro atoms. The zero-order valence-electron chi connectivity index (χ0n) is 24.4. The van der Waals surface area contributed by atoms with Crippen LogP contribution < -0.4 is 19.5 Å². The molecule has 0 saturated carbocycles. The molecule has 0 unspecified atom stereocenters. The monoisotopic (exact) mass is 598 g/mol. The largest absolute Gasteiger partial charge is 0.497 e. The zero-order chi connectivity index (χ0) is 30.8. The van der Waals surface area contributed by atoms with Gasteiger partial charge in [0.05, 0.1) is 32.8 Å². The Morgan fingerprint density at radius 1 is 1.00 bits per heavy atom. The molecule has 4 atom stereocenters. The number of aliphatic hydroxyl groups excluding tert-OH is 2. The molecule has 6 rings (SSSR count). The number of para-hydroxylation sites is 2. The number of nitrogens with one attached hydrogen (secondary N) is 1. The van der Waals surface area contributed by atoms with E-state index in [1.807, 2.05) is 54.6 Å². The first-order chi connectivity index (χ1) is 21.4. The van der Waals surface area contributed by atoms with Crippen LogP contribution in [0.15, 0.2) is 88.9 Å². The molecular formula is C34H34N2O8. The second-order valence-electron chi connectivity index (χ2n) is 10.8. The van der Waals surface area contributed by atoms with Crippen LogP contribution in [0.1, 0.15) is 27.6 Å². The first kappa shape index (κ1) is 29.3. The van der Waals surface area contributed by atoms with E-state index in [4.69, 9.17) is 18.6 Å². The molecule has 0 radical (unpaired) electrons. The number of ether oxygens (including phenoxy) is 3. The third kappa shape index (κ3) is 5.38. The highest BCUT2D eigenvalue weighted by atomic mass is 16.5. The van der Waals surface area contributed by atoms with Crippen LogP contribution in [0.5, 0.6) is 17.2 Å². The SMILES string of the molecule is COc1cccc(CCN(C(=O)c2cc3cccc(OC)c3o2)[C@@H]2C=C(C(=O)NCCO)[C@@H]3c4ccccc4O[C@@H]3[C@H]2O)c1. The Morgan fingerprint density at radius 3 is 2.61 bits per heavy atom. The average molecular weight is 599 g/mol. The lowest BCUT2D eigenvalue weighted by molar-refractivity contribution is -0.118. The van der Waals surface area contributed by atoms with Gasteiger partial charge in [0.2, 0.25) is 5.91 Å². The molecule has 1 aliphatic heterocycles. The topological polar surface area (TPSA) is 131 Å². The summed E-state index contributed by atoms with van der Waals surface area (Å²) in [6.07, 6.45) is 0.0942. The Hall–Kier alpha value is -4.80. The second kappa shape index (κ2) is 12.4. The molecule has 2 aliphatic rings. The summed E-state index contributed by atoms with van der Waals surface area (Å²) in [6.45, 7) is 0.0176. The van der Waals surface area contributed by atoms with Crippen molar-refractivity contribution >= 4 is 22.8 Å². The van der Waals surface area contributed by atoms with E-state index in [0.717, 1.165) is 11.1 Å². The van der Waals surface area contributed by atoms with Gasteiger partial charge in [-0.1, -0.05) is 42.5 Å². The molecule has 3 N–H and O–H groups in total. The van der Waals surface area contributed by atoms with Crippen molar-refractivity contribution in [3.8, 4) is 17.2 Å². The van der Waals surface area contributed by atoms with Crippen molar-refractivity contribution in [2.45, 2.75) is 30.6 Å². The maximum Gasteiger partial charge on any atom is 0.290 e. The van der Waals surface area contributed by atoms with Crippen LogP contribution in [0.25, 0.3) is 11.0 Å². The van der Waals surface area contributed by atoms with Crippen LogP contribution >= 0.6 is 0 Å². The Morgan fingerprint density at radius 2 is 1.82 bits per heavy atom. The fourth-order valence-electron chi connectivity index (χ4n) is 6.10. The number of rotatable bonds is 10. The third-order valence-electron chi connectivity index (χ3n) is 8.21. The highest BCUT2D eigenvalue weighted by Crippen LogP contribution is 2.47. The number of amides is 2. The van der Waals surface area contributed by atoms with Crippen molar-refractivity contribution in [1.82, 2.24) is 10.2 Å². The van der Waals surface area contributed by atoms with Crippen molar-refractivity contribution in [3.05, 3.63) is 101 Å². The normalized spacial score (nSPS) is 20.2. The molecule has 228 valence electrons. The predicted molar refractivity (Wildman–Crippen MR) is 162 cm³/mol. The van der Waals surface area contributed by atoms with Crippen LogP contribution in [-0.4, -0.2) is 79.1 Å². The summed E-state index contributed by atoms with van der Waals surface area (Å²) in [5.74, 6) is 0.397. The number of fused-ring (bicyclic) bond motifs is 4. The van der Waals surface area contributed by atoms with Gasteiger partial charge in [-0.2, -0.15) is 0 Å². The molecule has 44 heavy (non-hydrogen) atoms. The molecular weight excluding hydrogens is 564 g/mol. The highest BCUT2D eigenvalue weighted by molar-refractivity contribution is 5.99. The summed E-state index contributed by atoms with van der Waals surface area (Å²) < 4.78 is 23.1. The smallest absolute Gasteiger partial charge is 0.290 e. The first-order valence-electron chi connectivity index (χ1n) is 14.5. The van der Waals surface area contributed by atoms with Crippen molar-refractivity contribution in [2.24, 2.45) is 0 Å². The molecule has 10 heteroatoms. The van der Waals surface area contributed by atoms with E-state index < -0.39 is 36.0 Å². The number of hydrogen-bond acceptors (Lipinski definition) is 8. The molecule has 0 bridgehead atoms. The summed E-state index contributed by atoms with van der Waals surface area (Å²) in [7, 11) is 3.12. The van der Waals surface area contributed by atoms with Gasteiger partial charge in [0.1, 0.15) is 23.7 Å². The number of carbonyl (C=O) groups excluding carboxylic acids is 2. The van der Waals surface area contributed by atoms with Crippen molar-refractivity contribution in [2.75, 3.05) is 33.9 Å². The number of carbonyl (C=O) groups is 2. The van der Waals surface area contributed by atoms with E-state index in [-0.39, 0.29) is 25.5 Å². The van der Waals surface area contributed by atoms with E-state index in [1.165, 1.54) is 12.0 Å². The molecule has 4 aromatic rings. The van der Waals surface area contributed by atoms with Crippen LogP contribution in [0.2, 0.25) is 0 Å². The first-order valence-corrected chi connectivity index (χ1v) is 14.5. The number of methoxy groups -OCH3 is 2. The van der Waals surface area contributed by atoms with Gasteiger partial charge in [0.15, 0.2) is 17.1 Å². The predicted octanol–water partition coefficient (Wildman–Crippen LogP) is 3.46. The standard InChI is InChI=1S/C34H34N2O8/c1-41-22-9-5-7-20(17-22)13-15-36(34(40)28-18-21-8-6-12-27(42-2)31(21)44-28)25-19-24(33(39)35-14-16-37)29-23-10-3-4-11-26(23)43-32(29)30(25)38/h3-12,17-19,25,29-30,32,37-38H,13-16H2,1-2H3,(H,35,39)/t25-,29+,30+,32+/m1/s1. The Kier molecular flexibility index (Phi) is 8.28. The number of nitrogens with zero attached hydrogens (tertiary/aromatic N) is 1. The Bertz CT molecular complexity index is 1710. The summed E-state index contributed by atoms with van der Waals surface area (Å²) >= 11 is 0. The van der Waals surface area contributed by atoms with E-state index in [2.05, 4.69) is 5.32 Å². The summed E-state index contributed by atoms with van der Waals surface area (Å²) in [4.78, 5) is 29.3. The number of aliphatic hydroxyl groups is 2. The molecule has 10 nitrogen and oxygen atoms in total. The van der Waals surface area contributed by atoms with E-state index in [1.54, 1.807) is 31.4 Å². The minimum Gasteiger partial charge on any atom is -0.497 e. The minimum atomic E-state index is -1.17. The summed E-state index contributed by atoms with van der Waals surface area (Å²) in [6, 6.07) is 21.0. The molecule has 1 aromatic heterocycles. The van der Waals surface area contributed by atoms with Crippen molar-refractivity contribution in [3.63, 3.8) is 0 Å². The lowest BCUT2D eigenvalue weighted by atomic mass is 9.77. The summed E-state index contributed by atoms with van der Waals surface area (Å²) in [5, 5.41) is 24.7. The van der Waals surface area contributed by atoms with Gasteiger partial charge in [0, 0.05) is 29.6 Å². The quantitative estimate of drug-likeness (QED) is 0.253. The van der Waals surface area contributed by atoms with Crippen LogP contribution in [0, 0.1) is 0 Å². The second-order valence-corrected chi connectivity index (χ2v) is 10.8. The van der Waals surface area contributed by atoms with E-state index >= 15 is 0 Å². The van der Waals surface area contributed by atoms with Gasteiger partial charge < -0.3 is 39.1 Å². The summed E-state index contributed by atoms with van der Waals surface area (Å²) in [5.41, 5.74) is 2.49. The minimum absolute atomic E-state index is 0.0581. The average Bonchev–Trinajstić information content (AvgIpc) is 3.67. The molecule has 2 amide bonds. The van der Waals surface area contributed by atoms with Gasteiger partial charge in [-0.15, -0.1) is 0 Å². The maximum absolute atomic E-state index is 14.3. The molecule has 0 saturated heterocycles. The molecule has 1 aliphatic carbocycles. The van der Waals surface area contributed by atoms with E-state index in [0.29, 0.717) is 40.2 Å². The van der Waals surface area contributed by atoms with Crippen LogP contribution in [-0.2, 0) is 11.2 Å². The Labute approximate surface area is 254 Å². The Balaban J connectivity index is 1.42. The lowest BCUT2D eigenvalue weighted by Gasteiger charge is -2.40. The van der Waals surface area contributed by atoms with Crippen LogP contribution in [0.4, 0.5) is 0 Å². The number of furan rings is 1. The van der Waals surface area contributed by atoms with Crippen molar-refractivity contribution < 1.29 is 38.4 Å². The van der Waals surface area contributed by atoms with Gasteiger partial charge in [-0.25, -0.2) is 0 Å². The van der Waals surface area contributed by atoms with Gasteiger partial charge in [-0.05, 0) is 48.4 Å². The van der Waals surface area contributed by atoms with Crippen molar-refractivity contribution in [1.29, 1.82) is 0 Å². The third-order valence-corrected chi connectivity index (χ3v) is 8.21. The number of benzene rings is 3. The van der Waals surface area contributed by atoms with Crippen LogP contribution in [0.3, 0.4) is 0 Å². The molecule has 2 heterocycles. The molecule has 3 aromatic carbocycles. The van der Waals surface area contributed by atoms with Gasteiger partial charge in [-0.3, -0.25) is 9.59 Å². The maximum atomic E-state index is 14.3. The highest BCUT2D eigenvalue weighted by Gasteiger charge is 2.50. The van der Waals surface area contributed by atoms with E-state index in [9.17, 15) is 19.8 Å². The van der Waals surface area contributed by atoms with Gasteiger partial charge in [0.25, 0.3) is 5.91 Å². The number of hydrogen-bond donors (Lipinski definition) is 3. The zero-order valence-corrected chi connectivity index (χ0v) is 24.4. The fraction of sp³-hybridized carbons (Fsp3) is 0.294. The van der Waals surface area contributed by atoms with Gasteiger partial charge >= 0.3 is 0 Å².